The first kappa shape index (κ1) is 10.9. The van der Waals surface area contributed by atoms with Gasteiger partial charge in [-0.05, 0) is 59.3 Å². The molecule has 6 bridgehead atoms. The van der Waals surface area contributed by atoms with Gasteiger partial charge in [0.05, 0.1) is 0 Å². The fourth-order valence-electron chi connectivity index (χ4n) is 6.94. The number of aliphatic carboxylic acids is 2. The summed E-state index contributed by atoms with van der Waals surface area (Å²) in [6, 6.07) is 0. The van der Waals surface area contributed by atoms with E-state index in [0.717, 1.165) is 11.5 Å². The van der Waals surface area contributed by atoms with Crippen molar-refractivity contribution in [2.45, 2.75) is 11.2 Å². The third-order valence-electron chi connectivity index (χ3n) is 6.79. The van der Waals surface area contributed by atoms with E-state index in [-0.39, 0.29) is 17.4 Å². The van der Waals surface area contributed by atoms with Crippen molar-refractivity contribution in [1.82, 2.24) is 0 Å². The van der Waals surface area contributed by atoms with Crippen molar-refractivity contribution < 1.29 is 19.8 Å². The molecule has 0 spiro atoms. The normalized spacial score (nSPS) is 57.7. The Bertz CT molecular complexity index is 564. The lowest BCUT2D eigenvalue weighted by atomic mass is 9.71. The van der Waals surface area contributed by atoms with Crippen LogP contribution in [0.25, 0.3) is 0 Å². The SMILES string of the molecule is O=C(O)C(C(=O)O)=C1C2C3C(Br)C4C5CC(C1C53)C24. The molecule has 0 saturated heterocycles. The smallest absolute Gasteiger partial charge is 0.343 e. The van der Waals surface area contributed by atoms with Crippen LogP contribution in [0.5, 0.6) is 0 Å². The van der Waals surface area contributed by atoms with Gasteiger partial charge in [0, 0.05) is 4.83 Å². The minimum Gasteiger partial charge on any atom is -0.477 e. The van der Waals surface area contributed by atoms with Gasteiger partial charge in [-0.2, -0.15) is 0 Å². The number of allylic oxidation sites excluding steroid dienone is 1. The Morgan fingerprint density at radius 1 is 0.947 bits per heavy atom. The van der Waals surface area contributed by atoms with Crippen molar-refractivity contribution in [2.75, 3.05) is 0 Å². The van der Waals surface area contributed by atoms with Crippen LogP contribution in [0.1, 0.15) is 6.42 Å². The molecule has 6 rings (SSSR count). The Morgan fingerprint density at radius 2 is 1.58 bits per heavy atom. The van der Waals surface area contributed by atoms with Gasteiger partial charge in [-0.1, -0.05) is 15.9 Å². The third-order valence-corrected chi connectivity index (χ3v) is 8.01. The molecule has 6 aliphatic rings. The van der Waals surface area contributed by atoms with E-state index in [1.54, 1.807) is 0 Å². The highest BCUT2D eigenvalue weighted by molar-refractivity contribution is 9.09. The van der Waals surface area contributed by atoms with E-state index in [4.69, 9.17) is 0 Å². The van der Waals surface area contributed by atoms with Crippen LogP contribution in [0.3, 0.4) is 0 Å². The van der Waals surface area contributed by atoms with Crippen molar-refractivity contribution in [1.29, 1.82) is 0 Å². The van der Waals surface area contributed by atoms with Crippen molar-refractivity contribution in [3.63, 3.8) is 0 Å². The van der Waals surface area contributed by atoms with Gasteiger partial charge < -0.3 is 10.2 Å². The van der Waals surface area contributed by atoms with Gasteiger partial charge in [0.15, 0.2) is 0 Å². The predicted molar refractivity (Wildman–Crippen MR) is 67.5 cm³/mol. The van der Waals surface area contributed by atoms with Gasteiger partial charge in [-0.15, -0.1) is 0 Å². The largest absolute Gasteiger partial charge is 0.477 e. The van der Waals surface area contributed by atoms with Crippen molar-refractivity contribution in [3.05, 3.63) is 11.1 Å². The van der Waals surface area contributed by atoms with Gasteiger partial charge in [-0.3, -0.25) is 0 Å². The van der Waals surface area contributed by atoms with Crippen LogP contribution in [0.15, 0.2) is 11.1 Å². The Kier molecular flexibility index (Phi) is 1.67. The molecule has 0 heterocycles. The predicted octanol–water partition coefficient (Wildman–Crippen LogP) is 1.60. The van der Waals surface area contributed by atoms with Crippen LogP contribution in [0, 0.1) is 47.3 Å². The molecule has 0 amide bonds. The second-order valence-electron chi connectivity index (χ2n) is 6.81. The van der Waals surface area contributed by atoms with Crippen LogP contribution in [0.4, 0.5) is 0 Å². The highest BCUT2D eigenvalue weighted by Gasteiger charge is 2.82. The molecule has 0 aliphatic heterocycles. The van der Waals surface area contributed by atoms with E-state index in [1.807, 2.05) is 0 Å². The summed E-state index contributed by atoms with van der Waals surface area (Å²) in [5.41, 5.74) is 0.495. The Morgan fingerprint density at radius 3 is 2.16 bits per heavy atom. The van der Waals surface area contributed by atoms with E-state index < -0.39 is 11.9 Å². The fraction of sp³-hybridized carbons (Fsp3) is 0.714. The Labute approximate surface area is 118 Å². The van der Waals surface area contributed by atoms with Crippen LogP contribution in [0.2, 0.25) is 0 Å². The molecule has 19 heavy (non-hydrogen) atoms. The number of hydrogen-bond donors (Lipinski definition) is 2. The molecule has 0 aromatic carbocycles. The van der Waals surface area contributed by atoms with Gasteiger partial charge in [0.25, 0.3) is 0 Å². The lowest BCUT2D eigenvalue weighted by Crippen LogP contribution is -2.30. The molecule has 6 saturated carbocycles. The van der Waals surface area contributed by atoms with Crippen LogP contribution in [-0.2, 0) is 9.59 Å². The van der Waals surface area contributed by atoms with Crippen molar-refractivity contribution >= 4 is 27.9 Å². The average molecular weight is 325 g/mol. The van der Waals surface area contributed by atoms with E-state index in [1.165, 1.54) is 6.42 Å². The lowest BCUT2D eigenvalue weighted by molar-refractivity contribution is -0.140. The summed E-state index contributed by atoms with van der Waals surface area (Å²) in [5.74, 6) is 1.65. The molecular weight excluding hydrogens is 312 g/mol. The average Bonchev–Trinajstić information content (AvgIpc) is 3.01. The van der Waals surface area contributed by atoms with Gasteiger partial charge >= 0.3 is 11.9 Å². The second kappa shape index (κ2) is 2.92. The fourth-order valence-corrected chi connectivity index (χ4v) is 8.37. The molecule has 5 heteroatoms. The topological polar surface area (TPSA) is 74.6 Å². The summed E-state index contributed by atoms with van der Waals surface area (Å²) in [6.45, 7) is 0. The molecule has 0 aromatic heterocycles. The zero-order valence-corrected chi connectivity index (χ0v) is 11.6. The highest BCUT2D eigenvalue weighted by atomic mass is 79.9. The number of carbonyl (C=O) groups is 2. The third kappa shape index (κ3) is 0.874. The monoisotopic (exact) mass is 324 g/mol. The quantitative estimate of drug-likeness (QED) is 0.350. The molecule has 9 unspecified atom stereocenters. The number of hydrogen-bond acceptors (Lipinski definition) is 2. The van der Waals surface area contributed by atoms with E-state index >= 15 is 0 Å². The summed E-state index contributed by atoms with van der Waals surface area (Å²) in [6.07, 6.45) is 1.20. The van der Waals surface area contributed by atoms with Crippen molar-refractivity contribution in [2.24, 2.45) is 47.3 Å². The highest BCUT2D eigenvalue weighted by Crippen LogP contribution is 2.85. The zero-order valence-electron chi connectivity index (χ0n) is 9.99. The molecular formula is C14H13BrO4. The van der Waals surface area contributed by atoms with Crippen LogP contribution in [-0.4, -0.2) is 27.0 Å². The summed E-state index contributed by atoms with van der Waals surface area (Å²) in [5, 5.41) is 18.6. The van der Waals surface area contributed by atoms with E-state index in [2.05, 4.69) is 15.9 Å². The first-order valence-electron chi connectivity index (χ1n) is 6.88. The van der Waals surface area contributed by atoms with Crippen LogP contribution < -0.4 is 0 Å². The molecule has 2 N–H and O–H groups in total. The summed E-state index contributed by atoms with van der Waals surface area (Å²) >= 11 is 3.82. The number of carboxylic acid groups (broad SMARTS) is 2. The zero-order chi connectivity index (χ0) is 13.2. The molecule has 100 valence electrons. The van der Waals surface area contributed by atoms with Gasteiger partial charge in [0.1, 0.15) is 5.57 Å². The number of alkyl halides is 1. The van der Waals surface area contributed by atoms with Gasteiger partial charge in [-0.25, -0.2) is 9.59 Å². The Hall–Kier alpha value is -0.840. The molecule has 0 aromatic rings. The lowest BCUT2D eigenvalue weighted by Gasteiger charge is -2.32. The maximum absolute atomic E-state index is 11.4. The first-order chi connectivity index (χ1) is 9.04. The second-order valence-corrected chi connectivity index (χ2v) is 7.87. The molecule has 0 radical (unpaired) electrons. The standard InChI is InChI=1S/C14H13BrO4/c15-12-7-3-1-2-4-5(3)10(12)8(6(2)7)9(4)11(13(16)17)14(18)19/h2-8,10,12H,1H2,(H,16,17)(H,18,19). The van der Waals surface area contributed by atoms with E-state index in [9.17, 15) is 19.8 Å². The molecule has 6 fully saturated rings. The van der Waals surface area contributed by atoms with E-state index in [0.29, 0.717) is 34.4 Å². The number of rotatable bonds is 2. The minimum atomic E-state index is -1.25. The van der Waals surface area contributed by atoms with Crippen LogP contribution >= 0.6 is 15.9 Å². The maximum Gasteiger partial charge on any atom is 0.343 e. The Balaban J connectivity index is 1.77. The first-order valence-corrected chi connectivity index (χ1v) is 7.80. The molecule has 9 atom stereocenters. The van der Waals surface area contributed by atoms with Gasteiger partial charge in [0.2, 0.25) is 0 Å². The number of carboxylic acids is 2. The summed E-state index contributed by atoms with van der Waals surface area (Å²) < 4.78 is 0. The van der Waals surface area contributed by atoms with Crippen molar-refractivity contribution in [3.8, 4) is 0 Å². The summed E-state index contributed by atoms with van der Waals surface area (Å²) in [7, 11) is 0. The minimum absolute atomic E-state index is 0.246. The maximum atomic E-state index is 11.4. The molecule has 6 aliphatic carbocycles. The number of halogens is 1. The molecule has 4 nitrogen and oxygen atoms in total. The summed E-state index contributed by atoms with van der Waals surface area (Å²) in [4.78, 5) is 23.2.